The number of methoxy groups -OCH3 is 2. The van der Waals surface area contributed by atoms with E-state index in [-0.39, 0.29) is 0 Å². The summed E-state index contributed by atoms with van der Waals surface area (Å²) in [5, 5.41) is 0.596. The summed E-state index contributed by atoms with van der Waals surface area (Å²) in [7, 11) is 3.20. The monoisotopic (exact) mass is 348 g/mol. The number of rotatable bonds is 9. The third-order valence-electron chi connectivity index (χ3n) is 3.96. The summed E-state index contributed by atoms with van der Waals surface area (Å²) in [4.78, 5) is 2.31. The number of benzene rings is 2. The van der Waals surface area contributed by atoms with E-state index in [2.05, 4.69) is 29.2 Å². The summed E-state index contributed by atoms with van der Waals surface area (Å²) in [6.07, 6.45) is 0.978. The molecule has 2 aromatic carbocycles. The standard InChI is InChI=1S/C19H25ClN2O2/c1-23-17-9-8-16(18(20)19(17)24-2)14-22(13-11-21)12-10-15-6-4-3-5-7-15/h3-9H,10-14,21H2,1-2H3. The highest BCUT2D eigenvalue weighted by molar-refractivity contribution is 6.33. The van der Waals surface area contributed by atoms with Crippen LogP contribution in [0.4, 0.5) is 0 Å². The maximum Gasteiger partial charge on any atom is 0.179 e. The van der Waals surface area contributed by atoms with Gasteiger partial charge >= 0.3 is 0 Å². The molecule has 0 aliphatic heterocycles. The molecule has 0 heterocycles. The van der Waals surface area contributed by atoms with E-state index in [1.807, 2.05) is 18.2 Å². The van der Waals surface area contributed by atoms with E-state index in [0.717, 1.165) is 31.6 Å². The fraction of sp³-hybridized carbons (Fsp3) is 0.368. The Labute approximate surface area is 149 Å². The first kappa shape index (κ1) is 18.6. The van der Waals surface area contributed by atoms with E-state index in [1.165, 1.54) is 5.56 Å². The molecule has 0 aliphatic rings. The summed E-state index contributed by atoms with van der Waals surface area (Å²) in [5.74, 6) is 1.22. The van der Waals surface area contributed by atoms with Gasteiger partial charge in [0.15, 0.2) is 11.5 Å². The van der Waals surface area contributed by atoms with Gasteiger partial charge in [0.2, 0.25) is 0 Å². The minimum atomic E-state index is 0.576. The van der Waals surface area contributed by atoms with Crippen LogP contribution in [0.1, 0.15) is 11.1 Å². The van der Waals surface area contributed by atoms with Gasteiger partial charge in [-0.25, -0.2) is 0 Å². The van der Waals surface area contributed by atoms with Crippen molar-refractivity contribution in [3.63, 3.8) is 0 Å². The molecule has 0 aliphatic carbocycles. The van der Waals surface area contributed by atoms with Crippen LogP contribution in [0.5, 0.6) is 11.5 Å². The number of halogens is 1. The summed E-state index contributed by atoms with van der Waals surface area (Å²) in [6, 6.07) is 14.3. The second-order valence-electron chi connectivity index (χ2n) is 5.57. The Hall–Kier alpha value is -1.75. The lowest BCUT2D eigenvalue weighted by Crippen LogP contribution is -2.31. The Morgan fingerprint density at radius 2 is 1.75 bits per heavy atom. The Bertz CT molecular complexity index is 635. The largest absolute Gasteiger partial charge is 0.493 e. The maximum absolute atomic E-state index is 6.49. The van der Waals surface area contributed by atoms with E-state index in [1.54, 1.807) is 14.2 Å². The van der Waals surface area contributed by atoms with Crippen LogP contribution in [0, 0.1) is 0 Å². The molecule has 0 radical (unpaired) electrons. The third-order valence-corrected chi connectivity index (χ3v) is 4.38. The number of nitrogens with two attached hydrogens (primary N) is 1. The van der Waals surface area contributed by atoms with Gasteiger partial charge in [0.05, 0.1) is 19.2 Å². The predicted molar refractivity (Wildman–Crippen MR) is 99.0 cm³/mol. The van der Waals surface area contributed by atoms with Crippen molar-refractivity contribution in [2.24, 2.45) is 5.73 Å². The van der Waals surface area contributed by atoms with E-state index in [0.29, 0.717) is 23.1 Å². The molecule has 0 fully saturated rings. The Balaban J connectivity index is 2.09. The normalized spacial score (nSPS) is 10.9. The van der Waals surface area contributed by atoms with Crippen LogP contribution in [0.15, 0.2) is 42.5 Å². The third kappa shape index (κ3) is 4.87. The minimum Gasteiger partial charge on any atom is -0.493 e. The van der Waals surface area contributed by atoms with Crippen LogP contribution >= 0.6 is 11.6 Å². The van der Waals surface area contributed by atoms with Crippen molar-refractivity contribution in [3.05, 3.63) is 58.6 Å². The highest BCUT2D eigenvalue weighted by Crippen LogP contribution is 2.37. The van der Waals surface area contributed by atoms with Crippen molar-refractivity contribution in [1.29, 1.82) is 0 Å². The quantitative estimate of drug-likeness (QED) is 0.754. The van der Waals surface area contributed by atoms with Gasteiger partial charge in [0.25, 0.3) is 0 Å². The zero-order valence-corrected chi connectivity index (χ0v) is 15.1. The summed E-state index contributed by atoms with van der Waals surface area (Å²) >= 11 is 6.49. The van der Waals surface area contributed by atoms with Gasteiger partial charge < -0.3 is 15.2 Å². The molecule has 130 valence electrons. The fourth-order valence-corrected chi connectivity index (χ4v) is 2.97. The number of ether oxygens (including phenoxy) is 2. The van der Waals surface area contributed by atoms with Gasteiger partial charge in [-0.15, -0.1) is 0 Å². The van der Waals surface area contributed by atoms with Gasteiger partial charge in [-0.3, -0.25) is 4.90 Å². The smallest absolute Gasteiger partial charge is 0.179 e. The molecule has 0 atom stereocenters. The molecule has 2 rings (SSSR count). The van der Waals surface area contributed by atoms with Crippen molar-refractivity contribution >= 4 is 11.6 Å². The van der Waals surface area contributed by atoms with Crippen LogP contribution < -0.4 is 15.2 Å². The second kappa shape index (κ2) is 9.52. The molecule has 0 unspecified atom stereocenters. The average molecular weight is 349 g/mol. The molecule has 2 N–H and O–H groups in total. The second-order valence-corrected chi connectivity index (χ2v) is 5.95. The lowest BCUT2D eigenvalue weighted by Gasteiger charge is -2.23. The summed E-state index contributed by atoms with van der Waals surface area (Å²) < 4.78 is 10.7. The number of hydrogen-bond donors (Lipinski definition) is 1. The van der Waals surface area contributed by atoms with E-state index < -0.39 is 0 Å². The SMILES string of the molecule is COc1ccc(CN(CCN)CCc2ccccc2)c(Cl)c1OC. The first-order chi connectivity index (χ1) is 11.7. The fourth-order valence-electron chi connectivity index (χ4n) is 2.68. The van der Waals surface area contributed by atoms with Gasteiger partial charge in [0, 0.05) is 26.2 Å². The van der Waals surface area contributed by atoms with Crippen LogP contribution in [-0.4, -0.2) is 38.8 Å². The minimum absolute atomic E-state index is 0.576. The van der Waals surface area contributed by atoms with Gasteiger partial charge in [-0.2, -0.15) is 0 Å². The van der Waals surface area contributed by atoms with E-state index >= 15 is 0 Å². The molecule has 0 bridgehead atoms. The van der Waals surface area contributed by atoms with Crippen molar-refractivity contribution in [3.8, 4) is 11.5 Å². The molecule has 0 spiro atoms. The molecular weight excluding hydrogens is 324 g/mol. The molecule has 24 heavy (non-hydrogen) atoms. The maximum atomic E-state index is 6.49. The highest BCUT2D eigenvalue weighted by Gasteiger charge is 2.15. The van der Waals surface area contributed by atoms with Crippen LogP contribution in [0.3, 0.4) is 0 Å². The topological polar surface area (TPSA) is 47.7 Å². The number of hydrogen-bond acceptors (Lipinski definition) is 4. The Kier molecular flexibility index (Phi) is 7.37. The number of nitrogens with zero attached hydrogens (tertiary/aromatic N) is 1. The molecule has 5 heteroatoms. The van der Waals surface area contributed by atoms with Gasteiger partial charge in [-0.1, -0.05) is 48.0 Å². The van der Waals surface area contributed by atoms with Crippen LogP contribution in [-0.2, 0) is 13.0 Å². The van der Waals surface area contributed by atoms with Crippen molar-refractivity contribution in [2.75, 3.05) is 33.9 Å². The zero-order chi connectivity index (χ0) is 17.4. The summed E-state index contributed by atoms with van der Waals surface area (Å²) in [6.45, 7) is 3.08. The average Bonchev–Trinajstić information content (AvgIpc) is 2.62. The van der Waals surface area contributed by atoms with Crippen molar-refractivity contribution in [1.82, 2.24) is 4.90 Å². The van der Waals surface area contributed by atoms with E-state index in [4.69, 9.17) is 26.8 Å². The molecule has 4 nitrogen and oxygen atoms in total. The highest BCUT2D eigenvalue weighted by atomic mass is 35.5. The van der Waals surface area contributed by atoms with Crippen LogP contribution in [0.25, 0.3) is 0 Å². The Morgan fingerprint density at radius 3 is 2.38 bits per heavy atom. The first-order valence-corrected chi connectivity index (χ1v) is 8.43. The van der Waals surface area contributed by atoms with Gasteiger partial charge in [0.1, 0.15) is 0 Å². The van der Waals surface area contributed by atoms with E-state index in [9.17, 15) is 0 Å². The van der Waals surface area contributed by atoms with Crippen molar-refractivity contribution < 1.29 is 9.47 Å². The first-order valence-electron chi connectivity index (χ1n) is 8.05. The zero-order valence-electron chi connectivity index (χ0n) is 14.3. The summed E-state index contributed by atoms with van der Waals surface area (Å²) in [5.41, 5.74) is 8.10. The van der Waals surface area contributed by atoms with Crippen LogP contribution in [0.2, 0.25) is 5.02 Å². The molecule has 2 aromatic rings. The molecular formula is C19H25ClN2O2. The molecule has 0 saturated carbocycles. The lowest BCUT2D eigenvalue weighted by atomic mass is 10.1. The molecule has 0 saturated heterocycles. The molecule has 0 amide bonds. The Morgan fingerprint density at radius 1 is 1.00 bits per heavy atom. The lowest BCUT2D eigenvalue weighted by molar-refractivity contribution is 0.275. The predicted octanol–water partition coefficient (Wildman–Crippen LogP) is 3.36. The molecule has 0 aromatic heterocycles. The van der Waals surface area contributed by atoms with Gasteiger partial charge in [-0.05, 0) is 23.6 Å². The van der Waals surface area contributed by atoms with Crippen molar-refractivity contribution in [2.45, 2.75) is 13.0 Å².